The summed E-state index contributed by atoms with van der Waals surface area (Å²) in [5.74, 6) is 0.347. The third-order valence-corrected chi connectivity index (χ3v) is 5.04. The molecule has 4 heteroatoms. The fraction of sp³-hybridized carbons (Fsp3) is 0.533. The number of piperidine rings is 1. The van der Waals surface area contributed by atoms with E-state index in [1.165, 1.54) is 0 Å². The van der Waals surface area contributed by atoms with Gasteiger partial charge >= 0.3 is 0 Å². The van der Waals surface area contributed by atoms with Crippen LogP contribution in [0.1, 0.15) is 24.8 Å². The summed E-state index contributed by atoms with van der Waals surface area (Å²) in [4.78, 5) is 12.3. The zero-order chi connectivity index (χ0) is 13.5. The van der Waals surface area contributed by atoms with E-state index in [2.05, 4.69) is 10.6 Å². The maximum absolute atomic E-state index is 12.3. The van der Waals surface area contributed by atoms with Gasteiger partial charge in [-0.2, -0.15) is 0 Å². The van der Waals surface area contributed by atoms with E-state index in [-0.39, 0.29) is 17.2 Å². The molecule has 2 fully saturated rings. The normalized spacial score (nSPS) is 24.2. The van der Waals surface area contributed by atoms with Crippen molar-refractivity contribution < 1.29 is 4.79 Å². The molecule has 2 aliphatic rings. The average Bonchev–Trinajstić information content (AvgIpc) is 3.09. The SMILES string of the molecule is Cc1c(Cl)cccc1NC(=O)C1CC12CCNCC2. The Hall–Kier alpha value is -1.06. The first-order valence-corrected chi connectivity index (χ1v) is 7.27. The molecule has 1 spiro atoms. The minimum absolute atomic E-state index is 0.160. The Morgan fingerprint density at radius 1 is 1.42 bits per heavy atom. The lowest BCUT2D eigenvalue weighted by atomic mass is 9.91. The third-order valence-electron chi connectivity index (χ3n) is 4.63. The second-order valence-corrected chi connectivity index (χ2v) is 6.18. The molecule has 1 saturated carbocycles. The molecule has 3 rings (SSSR count). The van der Waals surface area contributed by atoms with Crippen LogP contribution >= 0.6 is 11.6 Å². The van der Waals surface area contributed by atoms with Crippen molar-refractivity contribution in [3.05, 3.63) is 28.8 Å². The van der Waals surface area contributed by atoms with E-state index in [9.17, 15) is 4.79 Å². The van der Waals surface area contributed by atoms with Gasteiger partial charge in [0.2, 0.25) is 5.91 Å². The zero-order valence-electron chi connectivity index (χ0n) is 11.1. The molecule has 1 aromatic carbocycles. The van der Waals surface area contributed by atoms with Crippen LogP contribution in [0.2, 0.25) is 5.02 Å². The van der Waals surface area contributed by atoms with Gasteiger partial charge in [0.15, 0.2) is 0 Å². The summed E-state index contributed by atoms with van der Waals surface area (Å²) in [6.45, 7) is 4.02. The molecular weight excluding hydrogens is 260 g/mol. The van der Waals surface area contributed by atoms with Gasteiger partial charge in [0.05, 0.1) is 0 Å². The lowest BCUT2D eigenvalue weighted by Gasteiger charge is -2.23. The molecule has 1 atom stereocenters. The van der Waals surface area contributed by atoms with Crippen LogP contribution in [-0.2, 0) is 4.79 Å². The standard InChI is InChI=1S/C15H19ClN2O/c1-10-12(16)3-2-4-13(10)18-14(19)11-9-15(11)5-7-17-8-6-15/h2-4,11,17H,5-9H2,1H3,(H,18,19). The van der Waals surface area contributed by atoms with Crippen LogP contribution in [0.25, 0.3) is 0 Å². The van der Waals surface area contributed by atoms with E-state index < -0.39 is 0 Å². The molecule has 1 amide bonds. The summed E-state index contributed by atoms with van der Waals surface area (Å²) in [6.07, 6.45) is 3.29. The molecule has 0 radical (unpaired) electrons. The van der Waals surface area contributed by atoms with Gasteiger partial charge in [-0.25, -0.2) is 0 Å². The number of nitrogens with one attached hydrogen (secondary N) is 2. The van der Waals surface area contributed by atoms with Gasteiger partial charge in [-0.15, -0.1) is 0 Å². The van der Waals surface area contributed by atoms with Crippen molar-refractivity contribution in [3.63, 3.8) is 0 Å². The average molecular weight is 279 g/mol. The summed E-state index contributed by atoms with van der Waals surface area (Å²) >= 11 is 6.08. The highest BCUT2D eigenvalue weighted by atomic mass is 35.5. The van der Waals surface area contributed by atoms with E-state index in [4.69, 9.17) is 11.6 Å². The monoisotopic (exact) mass is 278 g/mol. The van der Waals surface area contributed by atoms with Crippen LogP contribution < -0.4 is 10.6 Å². The van der Waals surface area contributed by atoms with Gasteiger partial charge in [0, 0.05) is 16.6 Å². The minimum Gasteiger partial charge on any atom is -0.326 e. The highest BCUT2D eigenvalue weighted by Gasteiger charge is 2.57. The molecule has 1 aromatic rings. The number of halogens is 1. The van der Waals surface area contributed by atoms with Crippen molar-refractivity contribution in [2.75, 3.05) is 18.4 Å². The highest BCUT2D eigenvalue weighted by Crippen LogP contribution is 2.58. The van der Waals surface area contributed by atoms with E-state index >= 15 is 0 Å². The van der Waals surface area contributed by atoms with Gasteiger partial charge in [0.25, 0.3) is 0 Å². The third kappa shape index (κ3) is 2.37. The molecule has 0 aromatic heterocycles. The maximum Gasteiger partial charge on any atom is 0.228 e. The van der Waals surface area contributed by atoms with Gasteiger partial charge in [-0.1, -0.05) is 17.7 Å². The molecule has 2 N–H and O–H groups in total. The number of rotatable bonds is 2. The van der Waals surface area contributed by atoms with Crippen molar-refractivity contribution >= 4 is 23.2 Å². The number of hydrogen-bond donors (Lipinski definition) is 2. The Morgan fingerprint density at radius 2 is 2.16 bits per heavy atom. The Bertz CT molecular complexity index is 509. The molecule has 1 unspecified atom stereocenters. The van der Waals surface area contributed by atoms with Gasteiger partial charge in [-0.05, 0) is 62.4 Å². The van der Waals surface area contributed by atoms with Crippen molar-refractivity contribution in [2.45, 2.75) is 26.2 Å². The first-order chi connectivity index (χ1) is 9.12. The Morgan fingerprint density at radius 3 is 2.89 bits per heavy atom. The lowest BCUT2D eigenvalue weighted by Crippen LogP contribution is -2.31. The molecular formula is C15H19ClN2O. The Balaban J connectivity index is 1.68. The van der Waals surface area contributed by atoms with E-state index in [0.717, 1.165) is 43.6 Å². The quantitative estimate of drug-likeness (QED) is 0.873. The summed E-state index contributed by atoms with van der Waals surface area (Å²) in [7, 11) is 0. The van der Waals surface area contributed by atoms with Crippen LogP contribution in [0.15, 0.2) is 18.2 Å². The van der Waals surface area contributed by atoms with Crippen LogP contribution in [0.3, 0.4) is 0 Å². The lowest BCUT2D eigenvalue weighted by molar-refractivity contribution is -0.118. The van der Waals surface area contributed by atoms with E-state index in [0.29, 0.717) is 5.02 Å². The largest absolute Gasteiger partial charge is 0.326 e. The Labute approximate surface area is 118 Å². The molecule has 1 heterocycles. The van der Waals surface area contributed by atoms with Crippen molar-refractivity contribution in [1.82, 2.24) is 5.32 Å². The molecule has 1 saturated heterocycles. The van der Waals surface area contributed by atoms with Gasteiger partial charge in [-0.3, -0.25) is 4.79 Å². The van der Waals surface area contributed by atoms with Crippen LogP contribution in [0.5, 0.6) is 0 Å². The Kier molecular flexibility index (Phi) is 3.27. The minimum atomic E-state index is 0.160. The summed E-state index contributed by atoms with van der Waals surface area (Å²) in [6, 6.07) is 5.63. The van der Waals surface area contributed by atoms with Crippen molar-refractivity contribution in [1.29, 1.82) is 0 Å². The molecule has 0 bridgehead atoms. The molecule has 102 valence electrons. The van der Waals surface area contributed by atoms with E-state index in [1.807, 2.05) is 25.1 Å². The maximum atomic E-state index is 12.3. The van der Waals surface area contributed by atoms with Crippen LogP contribution in [-0.4, -0.2) is 19.0 Å². The zero-order valence-corrected chi connectivity index (χ0v) is 11.9. The number of benzene rings is 1. The molecule has 1 aliphatic heterocycles. The van der Waals surface area contributed by atoms with Crippen LogP contribution in [0, 0.1) is 18.3 Å². The fourth-order valence-electron chi connectivity index (χ4n) is 3.16. The topological polar surface area (TPSA) is 41.1 Å². The summed E-state index contributed by atoms with van der Waals surface area (Å²) in [5.41, 5.74) is 2.06. The summed E-state index contributed by atoms with van der Waals surface area (Å²) in [5, 5.41) is 7.10. The summed E-state index contributed by atoms with van der Waals surface area (Å²) < 4.78 is 0. The number of hydrogen-bond acceptors (Lipinski definition) is 2. The smallest absolute Gasteiger partial charge is 0.228 e. The van der Waals surface area contributed by atoms with Crippen LogP contribution in [0.4, 0.5) is 5.69 Å². The second kappa shape index (κ2) is 4.80. The van der Waals surface area contributed by atoms with Crippen molar-refractivity contribution in [2.24, 2.45) is 11.3 Å². The predicted octanol–water partition coefficient (Wildman–Crippen LogP) is 2.98. The molecule has 1 aliphatic carbocycles. The fourth-order valence-corrected chi connectivity index (χ4v) is 3.33. The number of carbonyl (C=O) groups excluding carboxylic acids is 1. The number of amides is 1. The highest BCUT2D eigenvalue weighted by molar-refractivity contribution is 6.31. The second-order valence-electron chi connectivity index (χ2n) is 5.77. The first-order valence-electron chi connectivity index (χ1n) is 6.89. The first kappa shape index (κ1) is 12.9. The predicted molar refractivity (Wildman–Crippen MR) is 77.5 cm³/mol. The molecule has 19 heavy (non-hydrogen) atoms. The van der Waals surface area contributed by atoms with Gasteiger partial charge in [0.1, 0.15) is 0 Å². The van der Waals surface area contributed by atoms with Crippen molar-refractivity contribution in [3.8, 4) is 0 Å². The van der Waals surface area contributed by atoms with E-state index in [1.54, 1.807) is 0 Å². The number of anilines is 1. The number of carbonyl (C=O) groups is 1. The van der Waals surface area contributed by atoms with Gasteiger partial charge < -0.3 is 10.6 Å². The molecule has 3 nitrogen and oxygen atoms in total.